The average Bonchev–Trinajstić information content (AvgIpc) is 2.93. The van der Waals surface area contributed by atoms with Crippen LogP contribution in [-0.2, 0) is 4.74 Å². The lowest BCUT2D eigenvalue weighted by Crippen LogP contribution is -2.26. The van der Waals surface area contributed by atoms with Gasteiger partial charge in [-0.05, 0) is 44.4 Å². The van der Waals surface area contributed by atoms with Crippen LogP contribution in [0.25, 0.3) is 0 Å². The third kappa shape index (κ3) is 3.87. The summed E-state index contributed by atoms with van der Waals surface area (Å²) in [6.45, 7) is 8.97. The number of aryl methyl sites for hydroxylation is 1. The van der Waals surface area contributed by atoms with Gasteiger partial charge in [-0.2, -0.15) is 0 Å². The molecule has 1 N–H and O–H groups in total. The summed E-state index contributed by atoms with van der Waals surface area (Å²) >= 11 is 0. The van der Waals surface area contributed by atoms with Gasteiger partial charge in [0.05, 0.1) is 18.9 Å². The molecule has 0 radical (unpaired) electrons. The van der Waals surface area contributed by atoms with Crippen LogP contribution in [0, 0.1) is 12.8 Å². The molecule has 19 heavy (non-hydrogen) atoms. The molecule has 0 aromatic heterocycles. The third-order valence-electron chi connectivity index (χ3n) is 3.65. The second-order valence-corrected chi connectivity index (χ2v) is 5.40. The van der Waals surface area contributed by atoms with Crippen LogP contribution >= 0.6 is 0 Å². The molecule has 1 aliphatic heterocycles. The van der Waals surface area contributed by atoms with Gasteiger partial charge < -0.3 is 14.8 Å². The normalized spacial score (nSPS) is 20.3. The van der Waals surface area contributed by atoms with Crippen molar-refractivity contribution in [3.63, 3.8) is 0 Å². The molecule has 1 heterocycles. The molecule has 2 rings (SSSR count). The van der Waals surface area contributed by atoms with E-state index in [2.05, 4.69) is 44.3 Å². The predicted octanol–water partition coefficient (Wildman–Crippen LogP) is 3.62. The molecule has 1 aromatic carbocycles. The maximum absolute atomic E-state index is 5.84. The lowest BCUT2D eigenvalue weighted by atomic mass is 10.0. The fourth-order valence-corrected chi connectivity index (χ4v) is 2.39. The van der Waals surface area contributed by atoms with Gasteiger partial charge >= 0.3 is 0 Å². The Morgan fingerprint density at radius 3 is 3.00 bits per heavy atom. The fraction of sp³-hybridized carbons (Fsp3) is 0.625. The van der Waals surface area contributed by atoms with Crippen molar-refractivity contribution < 1.29 is 9.47 Å². The molecule has 0 amide bonds. The molecule has 1 saturated heterocycles. The minimum absolute atomic E-state index is 0.411. The summed E-state index contributed by atoms with van der Waals surface area (Å²) in [6.07, 6.45) is 2.17. The summed E-state index contributed by atoms with van der Waals surface area (Å²) in [5.41, 5.74) is 2.33. The minimum atomic E-state index is 0.411. The second-order valence-electron chi connectivity index (χ2n) is 5.40. The zero-order valence-electron chi connectivity index (χ0n) is 12.2. The molecule has 2 unspecified atom stereocenters. The van der Waals surface area contributed by atoms with Crippen molar-refractivity contribution in [2.75, 3.05) is 25.1 Å². The van der Waals surface area contributed by atoms with E-state index in [0.717, 1.165) is 44.1 Å². The van der Waals surface area contributed by atoms with Crippen molar-refractivity contribution in [3.8, 4) is 5.75 Å². The van der Waals surface area contributed by atoms with Crippen LogP contribution in [0.15, 0.2) is 18.2 Å². The molecule has 3 heteroatoms. The number of nitrogens with one attached hydrogen (secondary N) is 1. The summed E-state index contributed by atoms with van der Waals surface area (Å²) in [4.78, 5) is 0. The van der Waals surface area contributed by atoms with Crippen molar-refractivity contribution in [2.45, 2.75) is 39.7 Å². The molecule has 106 valence electrons. The molecular weight excluding hydrogens is 238 g/mol. The number of rotatable bonds is 6. The molecule has 2 atom stereocenters. The van der Waals surface area contributed by atoms with Crippen molar-refractivity contribution >= 4 is 5.69 Å². The molecule has 1 aromatic rings. The maximum atomic E-state index is 5.84. The van der Waals surface area contributed by atoms with Crippen molar-refractivity contribution in [1.29, 1.82) is 0 Å². The first-order chi connectivity index (χ1) is 9.20. The van der Waals surface area contributed by atoms with Crippen LogP contribution in [0.1, 0.15) is 32.3 Å². The minimum Gasteiger partial charge on any atom is -0.491 e. The highest BCUT2D eigenvalue weighted by Gasteiger charge is 2.22. The van der Waals surface area contributed by atoms with Gasteiger partial charge in [-0.3, -0.25) is 0 Å². The molecule has 0 saturated carbocycles. The monoisotopic (exact) mass is 263 g/mol. The van der Waals surface area contributed by atoms with E-state index in [4.69, 9.17) is 9.47 Å². The van der Waals surface area contributed by atoms with E-state index in [1.54, 1.807) is 0 Å². The van der Waals surface area contributed by atoms with Gasteiger partial charge in [-0.25, -0.2) is 0 Å². The number of hydrogen-bond donors (Lipinski definition) is 1. The lowest BCUT2D eigenvalue weighted by Gasteiger charge is -2.22. The van der Waals surface area contributed by atoms with Gasteiger partial charge in [-0.1, -0.05) is 13.0 Å². The van der Waals surface area contributed by atoms with E-state index in [1.165, 1.54) is 5.56 Å². The largest absolute Gasteiger partial charge is 0.491 e. The van der Waals surface area contributed by atoms with Gasteiger partial charge in [0.25, 0.3) is 0 Å². The Labute approximate surface area is 116 Å². The number of ether oxygens (including phenoxy) is 2. The molecule has 0 bridgehead atoms. The van der Waals surface area contributed by atoms with Gasteiger partial charge in [0, 0.05) is 18.6 Å². The first kappa shape index (κ1) is 14.2. The van der Waals surface area contributed by atoms with E-state index in [0.29, 0.717) is 12.0 Å². The highest BCUT2D eigenvalue weighted by Crippen LogP contribution is 2.29. The van der Waals surface area contributed by atoms with E-state index in [1.807, 2.05) is 0 Å². The van der Waals surface area contributed by atoms with Crippen LogP contribution in [0.2, 0.25) is 0 Å². The molecule has 3 nitrogen and oxygen atoms in total. The summed E-state index contributed by atoms with van der Waals surface area (Å²) in [5.74, 6) is 1.56. The van der Waals surface area contributed by atoms with Gasteiger partial charge in [0.2, 0.25) is 0 Å². The van der Waals surface area contributed by atoms with Crippen LogP contribution in [0.3, 0.4) is 0 Å². The molecule has 0 spiro atoms. The van der Waals surface area contributed by atoms with Crippen LogP contribution in [-0.4, -0.2) is 25.9 Å². The number of anilines is 1. The topological polar surface area (TPSA) is 30.5 Å². The van der Waals surface area contributed by atoms with E-state index in [9.17, 15) is 0 Å². The van der Waals surface area contributed by atoms with E-state index >= 15 is 0 Å². The van der Waals surface area contributed by atoms with Crippen molar-refractivity contribution in [1.82, 2.24) is 0 Å². The molecular formula is C16H25NO2. The fourth-order valence-electron chi connectivity index (χ4n) is 2.39. The van der Waals surface area contributed by atoms with Crippen molar-refractivity contribution in [2.24, 2.45) is 5.92 Å². The number of hydrogen-bond acceptors (Lipinski definition) is 3. The summed E-state index contributed by atoms with van der Waals surface area (Å²) < 4.78 is 11.3. The molecule has 1 fully saturated rings. The molecule has 0 aliphatic carbocycles. The standard InChI is InChI=1S/C16H25NO2/c1-4-8-19-16-10-12(2)5-6-15(16)17-13(3)14-7-9-18-11-14/h5-6,10,13-14,17H,4,7-9,11H2,1-3H3. The highest BCUT2D eigenvalue weighted by atomic mass is 16.5. The Morgan fingerprint density at radius 2 is 2.32 bits per heavy atom. The Hall–Kier alpha value is -1.22. The lowest BCUT2D eigenvalue weighted by molar-refractivity contribution is 0.183. The van der Waals surface area contributed by atoms with Gasteiger partial charge in [-0.15, -0.1) is 0 Å². The Kier molecular flexibility index (Phi) is 5.08. The number of benzene rings is 1. The quantitative estimate of drug-likeness (QED) is 0.850. The highest BCUT2D eigenvalue weighted by molar-refractivity contribution is 5.58. The summed E-state index contributed by atoms with van der Waals surface area (Å²) in [6, 6.07) is 6.76. The second kappa shape index (κ2) is 6.80. The Bertz CT molecular complexity index is 400. The van der Waals surface area contributed by atoms with Gasteiger partial charge in [0.15, 0.2) is 0 Å². The van der Waals surface area contributed by atoms with Crippen LogP contribution in [0.4, 0.5) is 5.69 Å². The predicted molar refractivity (Wildman–Crippen MR) is 79.0 cm³/mol. The SMILES string of the molecule is CCCOc1cc(C)ccc1NC(C)C1CCOC1. The Morgan fingerprint density at radius 1 is 1.47 bits per heavy atom. The zero-order chi connectivity index (χ0) is 13.7. The first-order valence-corrected chi connectivity index (χ1v) is 7.28. The first-order valence-electron chi connectivity index (χ1n) is 7.28. The van der Waals surface area contributed by atoms with Crippen LogP contribution in [0.5, 0.6) is 5.75 Å². The Balaban J connectivity index is 2.05. The third-order valence-corrected chi connectivity index (χ3v) is 3.65. The summed E-state index contributed by atoms with van der Waals surface area (Å²) in [7, 11) is 0. The zero-order valence-corrected chi connectivity index (χ0v) is 12.2. The molecule has 1 aliphatic rings. The summed E-state index contributed by atoms with van der Waals surface area (Å²) in [5, 5.41) is 3.58. The maximum Gasteiger partial charge on any atom is 0.142 e. The smallest absolute Gasteiger partial charge is 0.142 e. The van der Waals surface area contributed by atoms with Gasteiger partial charge in [0.1, 0.15) is 5.75 Å². The van der Waals surface area contributed by atoms with E-state index < -0.39 is 0 Å². The average molecular weight is 263 g/mol. The van der Waals surface area contributed by atoms with E-state index in [-0.39, 0.29) is 0 Å². The van der Waals surface area contributed by atoms with Crippen molar-refractivity contribution in [3.05, 3.63) is 23.8 Å². The van der Waals surface area contributed by atoms with Crippen LogP contribution < -0.4 is 10.1 Å².